The summed E-state index contributed by atoms with van der Waals surface area (Å²) in [5.74, 6) is -48.5. The maximum Gasteiger partial charge on any atom is 0.460 e. The quantitative estimate of drug-likeness (QED) is 0.230. The predicted molar refractivity (Wildman–Crippen MR) is 87.9 cm³/mol. The first-order chi connectivity index (χ1) is 15.9. The lowest BCUT2D eigenvalue weighted by molar-refractivity contribution is -0.453. The summed E-state index contributed by atoms with van der Waals surface area (Å²) >= 11 is 0. The van der Waals surface area contributed by atoms with Gasteiger partial charge in [0.05, 0.1) is 18.8 Å². The van der Waals surface area contributed by atoms with Gasteiger partial charge in [-0.05, 0) is 11.6 Å². The topological polar surface area (TPSA) is 35.5 Å². The number of methoxy groups -OCH3 is 2. The monoisotopic (exact) mass is 562 g/mol. The van der Waals surface area contributed by atoms with Crippen molar-refractivity contribution in [1.82, 2.24) is 0 Å². The molecule has 18 heteroatoms. The Morgan fingerprint density at radius 1 is 0.694 bits per heavy atom. The normalized spacial score (nSPS) is 15.6. The molecule has 0 bridgehead atoms. The molecule has 3 nitrogen and oxygen atoms in total. The van der Waals surface area contributed by atoms with Crippen LogP contribution < -0.4 is 0 Å². The molecule has 36 heavy (non-hydrogen) atoms. The molecule has 0 aromatic heterocycles. The molecule has 0 radical (unpaired) electrons. The van der Waals surface area contributed by atoms with Gasteiger partial charge in [0.25, 0.3) is 0 Å². The number of esters is 1. The van der Waals surface area contributed by atoms with Gasteiger partial charge in [-0.1, -0.05) is 18.2 Å². The molecule has 1 aromatic rings. The molecule has 0 aliphatic heterocycles. The van der Waals surface area contributed by atoms with Crippen LogP contribution in [0.15, 0.2) is 24.3 Å². The molecule has 208 valence electrons. The van der Waals surface area contributed by atoms with Crippen molar-refractivity contribution in [2.45, 2.75) is 54.2 Å². The van der Waals surface area contributed by atoms with Crippen LogP contribution in [-0.2, 0) is 9.47 Å². The highest BCUT2D eigenvalue weighted by atomic mass is 19.4. The fourth-order valence-electron chi connectivity index (χ4n) is 2.75. The van der Waals surface area contributed by atoms with Gasteiger partial charge in [0.2, 0.25) is 0 Å². The number of benzene rings is 1. The molecule has 0 N–H and O–H groups in total. The molecule has 0 aliphatic carbocycles. The van der Waals surface area contributed by atoms with E-state index in [-0.39, 0.29) is 0 Å². The van der Waals surface area contributed by atoms with Crippen molar-refractivity contribution >= 4 is 5.97 Å². The Hall–Kier alpha value is -2.40. The van der Waals surface area contributed by atoms with E-state index in [0.29, 0.717) is 7.11 Å². The smallest absolute Gasteiger partial charge is 0.460 e. The summed E-state index contributed by atoms with van der Waals surface area (Å²) in [6.45, 7) is 0. The van der Waals surface area contributed by atoms with Crippen LogP contribution in [0.2, 0.25) is 0 Å². The zero-order chi connectivity index (χ0) is 28.8. The number of halogens is 15. The van der Waals surface area contributed by atoms with E-state index in [1.54, 1.807) is 0 Å². The molecule has 0 heterocycles. The van der Waals surface area contributed by atoms with Gasteiger partial charge in [0, 0.05) is 13.5 Å². The van der Waals surface area contributed by atoms with E-state index in [4.69, 9.17) is 0 Å². The van der Waals surface area contributed by atoms with Crippen LogP contribution in [0, 0.1) is 0 Å². The van der Waals surface area contributed by atoms with Crippen molar-refractivity contribution in [2.24, 2.45) is 0 Å². The highest BCUT2D eigenvalue weighted by Gasteiger charge is 2.93. The highest BCUT2D eigenvalue weighted by Crippen LogP contribution is 2.63. The van der Waals surface area contributed by atoms with Gasteiger partial charge >= 0.3 is 47.7 Å². The first-order valence-corrected chi connectivity index (χ1v) is 8.92. The number of rotatable bonds is 10. The van der Waals surface area contributed by atoms with E-state index in [9.17, 15) is 70.7 Å². The predicted octanol–water partition coefficient (Wildman–Crippen LogP) is 6.92. The molecule has 1 unspecified atom stereocenters. The van der Waals surface area contributed by atoms with Gasteiger partial charge in [-0.25, -0.2) is 4.79 Å². The number of hydrogen-bond acceptors (Lipinski definition) is 3. The fraction of sp³-hybridized carbons (Fsp3) is 0.611. The molecule has 0 saturated carbocycles. The Kier molecular flexibility index (Phi) is 8.33. The van der Waals surface area contributed by atoms with E-state index < -0.39 is 71.3 Å². The van der Waals surface area contributed by atoms with Crippen LogP contribution in [-0.4, -0.2) is 61.9 Å². The lowest BCUT2D eigenvalue weighted by atomic mass is 9.88. The van der Waals surface area contributed by atoms with Crippen molar-refractivity contribution in [3.8, 4) is 0 Å². The number of carbonyl (C=O) groups is 1. The first-order valence-electron chi connectivity index (χ1n) is 8.92. The van der Waals surface area contributed by atoms with Gasteiger partial charge in [0.1, 0.15) is 0 Å². The zero-order valence-corrected chi connectivity index (χ0v) is 17.5. The third-order valence-corrected chi connectivity index (χ3v) is 4.83. The molecule has 1 rings (SSSR count). The zero-order valence-electron chi connectivity index (χ0n) is 17.5. The summed E-state index contributed by atoms with van der Waals surface area (Å²) < 4.78 is 209. The van der Waals surface area contributed by atoms with Crippen molar-refractivity contribution in [3.63, 3.8) is 0 Å². The second kappa shape index (κ2) is 9.48. The highest BCUT2D eigenvalue weighted by molar-refractivity contribution is 5.91. The van der Waals surface area contributed by atoms with E-state index in [1.807, 2.05) is 0 Å². The molecular weight excluding hydrogens is 549 g/mol. The van der Waals surface area contributed by atoms with Gasteiger partial charge in [-0.3, -0.25) is 0 Å². The summed E-state index contributed by atoms with van der Waals surface area (Å²) in [7, 11) is 1.25. The molecule has 0 amide bonds. The van der Waals surface area contributed by atoms with E-state index in [1.165, 1.54) is 0 Å². The third kappa shape index (κ3) is 4.67. The van der Waals surface area contributed by atoms with Gasteiger partial charge in [-0.2, -0.15) is 65.9 Å². The molecule has 1 aromatic carbocycles. The van der Waals surface area contributed by atoms with Crippen LogP contribution in [0.5, 0.6) is 0 Å². The molecule has 1 atom stereocenters. The summed E-state index contributed by atoms with van der Waals surface area (Å²) in [4.78, 5) is 11.7. The Bertz CT molecular complexity index is 940. The second-order valence-corrected chi connectivity index (χ2v) is 7.08. The molecule has 0 aliphatic rings. The van der Waals surface area contributed by atoms with E-state index >= 15 is 0 Å². The number of hydrogen-bond donors (Lipinski definition) is 0. The molecular formula is C18H13F15O3. The SMILES string of the molecule is COC(=O)c1ccccc1C(CC(F)(F)C(F)(F)C(F)(F)C(F)(F)C(F)(F)C(F)(F)C(F)(F)F)OC. The lowest BCUT2D eigenvalue weighted by Gasteiger charge is -2.42. The average Bonchev–Trinajstić information content (AvgIpc) is 2.75. The maximum absolute atomic E-state index is 14.3. The molecule has 0 spiro atoms. The Morgan fingerprint density at radius 3 is 1.53 bits per heavy atom. The van der Waals surface area contributed by atoms with E-state index in [2.05, 4.69) is 9.47 Å². The van der Waals surface area contributed by atoms with Crippen molar-refractivity contribution in [3.05, 3.63) is 35.4 Å². The lowest BCUT2D eigenvalue weighted by Crippen LogP contribution is -2.72. The number of carbonyl (C=O) groups excluding carboxylic acids is 1. The Balaban J connectivity index is 3.58. The largest absolute Gasteiger partial charge is 0.465 e. The number of alkyl halides is 15. The Morgan fingerprint density at radius 2 is 1.11 bits per heavy atom. The first kappa shape index (κ1) is 31.6. The third-order valence-electron chi connectivity index (χ3n) is 4.83. The van der Waals surface area contributed by atoms with Crippen molar-refractivity contribution in [1.29, 1.82) is 0 Å². The molecule has 0 fully saturated rings. The average molecular weight is 562 g/mol. The van der Waals surface area contributed by atoms with Crippen LogP contribution in [0.25, 0.3) is 0 Å². The second-order valence-electron chi connectivity index (χ2n) is 7.08. The van der Waals surface area contributed by atoms with Crippen LogP contribution >= 0.6 is 0 Å². The van der Waals surface area contributed by atoms with Crippen molar-refractivity contribution < 1.29 is 80.1 Å². The van der Waals surface area contributed by atoms with Gasteiger partial charge in [0.15, 0.2) is 0 Å². The minimum absolute atomic E-state index is 0.484. The van der Waals surface area contributed by atoms with Gasteiger partial charge < -0.3 is 9.47 Å². The summed E-state index contributed by atoms with van der Waals surface area (Å²) in [5.41, 5.74) is -1.45. The van der Waals surface area contributed by atoms with Crippen molar-refractivity contribution in [2.75, 3.05) is 14.2 Å². The van der Waals surface area contributed by atoms with Crippen LogP contribution in [0.1, 0.15) is 28.4 Å². The van der Waals surface area contributed by atoms with Gasteiger partial charge in [-0.15, -0.1) is 0 Å². The maximum atomic E-state index is 14.3. The van der Waals surface area contributed by atoms with E-state index in [0.717, 1.165) is 31.4 Å². The minimum Gasteiger partial charge on any atom is -0.465 e. The van der Waals surface area contributed by atoms with Crippen LogP contribution in [0.4, 0.5) is 65.9 Å². The summed E-state index contributed by atoms with van der Waals surface area (Å²) in [5, 5.41) is 0. The van der Waals surface area contributed by atoms with Crippen LogP contribution in [0.3, 0.4) is 0 Å². The molecule has 0 saturated heterocycles. The Labute approximate surface area is 191 Å². The number of ether oxygens (including phenoxy) is 2. The summed E-state index contributed by atoms with van der Waals surface area (Å²) in [6, 6.07) is 3.63. The standard InChI is InChI=1S/C18H13F15O3/c1-35-10(8-5-3-4-6-9(8)11(34)36-2)7-12(19,20)13(21,22)14(23,24)15(25,26)16(27,28)17(29,30)18(31,32)33/h3-6,10H,7H2,1-2H3. The fourth-order valence-corrected chi connectivity index (χ4v) is 2.75. The summed E-state index contributed by atoms with van der Waals surface area (Å²) in [6.07, 6.45) is -13.0. The minimum atomic E-state index is -8.38.